The molecule has 8 heteroatoms. The van der Waals surface area contributed by atoms with E-state index >= 15 is 0 Å². The van der Waals surface area contributed by atoms with Crippen molar-refractivity contribution in [2.45, 2.75) is 25.7 Å². The van der Waals surface area contributed by atoms with Gasteiger partial charge in [0.2, 0.25) is 11.2 Å². The number of carboxylic acid groups (broad SMARTS) is 1. The fourth-order valence-corrected chi connectivity index (χ4v) is 2.78. The molecule has 3 aromatic rings. The van der Waals surface area contributed by atoms with E-state index in [2.05, 4.69) is 0 Å². The molecule has 0 aliphatic rings. The molecule has 8 nitrogen and oxygen atoms in total. The molecule has 0 saturated carbocycles. The van der Waals surface area contributed by atoms with Gasteiger partial charge in [0.15, 0.2) is 17.3 Å². The minimum Gasteiger partial charge on any atom is -0.504 e. The lowest BCUT2D eigenvalue weighted by Gasteiger charge is -2.11. The van der Waals surface area contributed by atoms with E-state index in [1.165, 1.54) is 24.3 Å². The molecule has 29 heavy (non-hydrogen) atoms. The molecule has 0 unspecified atom stereocenters. The Balaban J connectivity index is 1.98. The number of fused-ring (bicyclic) bond motifs is 1. The van der Waals surface area contributed by atoms with Crippen molar-refractivity contribution in [3.05, 3.63) is 52.7 Å². The predicted octanol–water partition coefficient (Wildman–Crippen LogP) is 3.42. The molecule has 0 atom stereocenters. The Morgan fingerprint density at radius 3 is 2.41 bits per heavy atom. The molecule has 3 N–H and O–H groups in total. The maximum absolute atomic E-state index is 12.9. The summed E-state index contributed by atoms with van der Waals surface area (Å²) >= 11 is 0. The van der Waals surface area contributed by atoms with E-state index in [4.69, 9.17) is 14.3 Å². The van der Waals surface area contributed by atoms with Crippen molar-refractivity contribution in [1.82, 2.24) is 0 Å². The van der Waals surface area contributed by atoms with Crippen LogP contribution in [0.5, 0.6) is 17.2 Å². The van der Waals surface area contributed by atoms with E-state index < -0.39 is 23.1 Å². The van der Waals surface area contributed by atoms with Crippen LogP contribution in [0.1, 0.15) is 25.7 Å². The fourth-order valence-electron chi connectivity index (χ4n) is 2.78. The van der Waals surface area contributed by atoms with Crippen molar-refractivity contribution >= 4 is 22.9 Å². The zero-order chi connectivity index (χ0) is 21.0. The Morgan fingerprint density at radius 2 is 1.69 bits per heavy atom. The number of hydrogen-bond donors (Lipinski definition) is 3. The van der Waals surface area contributed by atoms with Crippen LogP contribution in [-0.4, -0.2) is 27.3 Å². The van der Waals surface area contributed by atoms with Crippen LogP contribution in [0.2, 0.25) is 0 Å². The van der Waals surface area contributed by atoms with Gasteiger partial charge in [0.1, 0.15) is 5.58 Å². The number of carboxylic acids is 1. The predicted molar refractivity (Wildman–Crippen MR) is 103 cm³/mol. The molecular formula is C21H18O8. The van der Waals surface area contributed by atoms with Gasteiger partial charge in [-0.15, -0.1) is 0 Å². The van der Waals surface area contributed by atoms with Gasteiger partial charge in [-0.3, -0.25) is 14.4 Å². The summed E-state index contributed by atoms with van der Waals surface area (Å²) in [4.78, 5) is 35.7. The molecule has 0 spiro atoms. The van der Waals surface area contributed by atoms with E-state index in [1.54, 1.807) is 18.2 Å². The van der Waals surface area contributed by atoms with E-state index in [-0.39, 0.29) is 46.6 Å². The fraction of sp³-hybridized carbons (Fsp3) is 0.190. The van der Waals surface area contributed by atoms with Crippen LogP contribution in [0.4, 0.5) is 0 Å². The van der Waals surface area contributed by atoms with Crippen LogP contribution < -0.4 is 10.2 Å². The number of aromatic hydroxyl groups is 2. The van der Waals surface area contributed by atoms with Crippen LogP contribution >= 0.6 is 0 Å². The van der Waals surface area contributed by atoms with Crippen molar-refractivity contribution in [2.75, 3.05) is 0 Å². The molecule has 0 aliphatic carbocycles. The second-order valence-electron chi connectivity index (χ2n) is 6.36. The van der Waals surface area contributed by atoms with Crippen LogP contribution in [0, 0.1) is 0 Å². The molecular weight excluding hydrogens is 380 g/mol. The number of para-hydroxylation sites is 1. The standard InChI is InChI=1S/C21H18O8/c22-14-10-9-12(11-15(14)23)20-21(29-18(26)8-4-3-7-17(24)25)19(27)13-5-1-2-6-16(13)28-20/h1-2,5-6,9-11,22-23H,3-4,7-8H2,(H,24,25). The average Bonchev–Trinajstić information content (AvgIpc) is 2.69. The lowest BCUT2D eigenvalue weighted by atomic mass is 10.1. The smallest absolute Gasteiger partial charge is 0.311 e. The minimum atomic E-state index is -0.956. The third kappa shape index (κ3) is 4.55. The van der Waals surface area contributed by atoms with Gasteiger partial charge in [0.05, 0.1) is 5.39 Å². The number of ether oxygens (including phenoxy) is 1. The number of carbonyl (C=O) groups is 2. The Bertz CT molecular complexity index is 1130. The second-order valence-corrected chi connectivity index (χ2v) is 6.36. The van der Waals surface area contributed by atoms with E-state index in [1.807, 2.05) is 0 Å². The lowest BCUT2D eigenvalue weighted by Crippen LogP contribution is -2.16. The maximum atomic E-state index is 12.9. The largest absolute Gasteiger partial charge is 0.504 e. The zero-order valence-electron chi connectivity index (χ0n) is 15.3. The first-order valence-corrected chi connectivity index (χ1v) is 8.87. The quantitative estimate of drug-likeness (QED) is 0.313. The summed E-state index contributed by atoms with van der Waals surface area (Å²) in [6.07, 6.45) is 0.456. The Morgan fingerprint density at radius 1 is 0.966 bits per heavy atom. The molecule has 1 heterocycles. The highest BCUT2D eigenvalue weighted by molar-refractivity contribution is 5.84. The molecule has 0 fully saturated rings. The number of aliphatic carboxylic acids is 1. The third-order valence-corrected chi connectivity index (χ3v) is 4.23. The van der Waals surface area contributed by atoms with Crippen molar-refractivity contribution in [3.63, 3.8) is 0 Å². The van der Waals surface area contributed by atoms with Crippen molar-refractivity contribution < 1.29 is 34.1 Å². The Hall–Kier alpha value is -3.81. The monoisotopic (exact) mass is 398 g/mol. The number of hydrogen-bond acceptors (Lipinski definition) is 7. The summed E-state index contributed by atoms with van der Waals surface area (Å²) in [5.74, 6) is -2.84. The molecule has 0 radical (unpaired) electrons. The number of phenolic OH excluding ortho intramolecular Hbond substituents is 2. The number of benzene rings is 2. The van der Waals surface area contributed by atoms with Gasteiger partial charge >= 0.3 is 11.9 Å². The van der Waals surface area contributed by atoms with Gasteiger partial charge in [-0.1, -0.05) is 12.1 Å². The van der Waals surface area contributed by atoms with Gasteiger partial charge in [-0.2, -0.15) is 0 Å². The topological polar surface area (TPSA) is 134 Å². The summed E-state index contributed by atoms with van der Waals surface area (Å²) in [6, 6.07) is 10.2. The van der Waals surface area contributed by atoms with Gasteiger partial charge in [0, 0.05) is 18.4 Å². The van der Waals surface area contributed by atoms with Crippen LogP contribution in [0.25, 0.3) is 22.3 Å². The van der Waals surface area contributed by atoms with Crippen molar-refractivity contribution in [3.8, 4) is 28.6 Å². The van der Waals surface area contributed by atoms with Gasteiger partial charge in [-0.25, -0.2) is 0 Å². The van der Waals surface area contributed by atoms with E-state index in [0.717, 1.165) is 0 Å². The van der Waals surface area contributed by atoms with Crippen LogP contribution in [-0.2, 0) is 9.59 Å². The lowest BCUT2D eigenvalue weighted by molar-refractivity contribution is -0.138. The van der Waals surface area contributed by atoms with Crippen LogP contribution in [0.3, 0.4) is 0 Å². The number of esters is 1. The van der Waals surface area contributed by atoms with Crippen LogP contribution in [0.15, 0.2) is 51.7 Å². The number of carbonyl (C=O) groups excluding carboxylic acids is 1. The third-order valence-electron chi connectivity index (χ3n) is 4.23. The SMILES string of the molecule is O=C(O)CCCCC(=O)Oc1c(-c2ccc(O)c(O)c2)oc2ccccc2c1=O. The highest BCUT2D eigenvalue weighted by Crippen LogP contribution is 2.35. The average molecular weight is 398 g/mol. The maximum Gasteiger partial charge on any atom is 0.311 e. The summed E-state index contributed by atoms with van der Waals surface area (Å²) in [5.41, 5.74) is -0.0635. The number of unbranched alkanes of at least 4 members (excludes halogenated alkanes) is 1. The highest BCUT2D eigenvalue weighted by atomic mass is 16.5. The first-order chi connectivity index (χ1) is 13.9. The number of phenols is 2. The van der Waals surface area contributed by atoms with Gasteiger partial charge in [0.25, 0.3) is 0 Å². The van der Waals surface area contributed by atoms with Crippen molar-refractivity contribution in [1.29, 1.82) is 0 Å². The summed E-state index contributed by atoms with van der Waals surface area (Å²) in [7, 11) is 0. The van der Waals surface area contributed by atoms with E-state index in [9.17, 15) is 24.6 Å². The molecule has 0 amide bonds. The molecule has 0 saturated heterocycles. The van der Waals surface area contributed by atoms with Crippen molar-refractivity contribution in [2.24, 2.45) is 0 Å². The van der Waals surface area contributed by atoms with Gasteiger partial charge < -0.3 is 24.5 Å². The first-order valence-electron chi connectivity index (χ1n) is 8.87. The summed E-state index contributed by atoms with van der Waals surface area (Å²) < 4.78 is 11.0. The van der Waals surface area contributed by atoms with Gasteiger partial charge in [-0.05, 0) is 43.2 Å². The van der Waals surface area contributed by atoms with E-state index in [0.29, 0.717) is 12.8 Å². The Kier molecular flexibility index (Phi) is 5.82. The minimum absolute atomic E-state index is 0.0660. The normalized spacial score (nSPS) is 10.8. The zero-order valence-corrected chi connectivity index (χ0v) is 15.3. The molecule has 3 rings (SSSR count). The first kappa shape index (κ1) is 19.9. The second kappa shape index (κ2) is 8.47. The summed E-state index contributed by atoms with van der Waals surface area (Å²) in [5, 5.41) is 28.2. The highest BCUT2D eigenvalue weighted by Gasteiger charge is 2.21. The molecule has 0 aliphatic heterocycles. The molecule has 2 aromatic carbocycles. The summed E-state index contributed by atoms with van der Waals surface area (Å²) in [6.45, 7) is 0. The molecule has 0 bridgehead atoms. The molecule has 1 aromatic heterocycles. The number of rotatable bonds is 7. The molecule has 150 valence electrons. The Labute approximate surface area is 164 Å².